The first kappa shape index (κ1) is 19.0. The number of hydrogen-bond acceptors (Lipinski definition) is 5. The van der Waals surface area contributed by atoms with Gasteiger partial charge in [0.2, 0.25) is 5.82 Å². The van der Waals surface area contributed by atoms with Crippen LogP contribution in [0.15, 0.2) is 36.4 Å². The van der Waals surface area contributed by atoms with E-state index < -0.39 is 17.9 Å². The van der Waals surface area contributed by atoms with Crippen LogP contribution in [-0.4, -0.2) is 31.6 Å². The quantitative estimate of drug-likeness (QED) is 0.475. The van der Waals surface area contributed by atoms with Gasteiger partial charge in [-0.15, -0.1) is 35.0 Å². The Kier molecular flexibility index (Phi) is 5.26. The van der Waals surface area contributed by atoms with Crippen molar-refractivity contribution in [2.24, 2.45) is 0 Å². The van der Waals surface area contributed by atoms with Gasteiger partial charge in [-0.2, -0.15) is 4.80 Å². The van der Waals surface area contributed by atoms with Gasteiger partial charge in [-0.25, -0.2) is 9.37 Å². The van der Waals surface area contributed by atoms with Gasteiger partial charge in [-0.05, 0) is 42.5 Å². The molecule has 0 saturated carbocycles. The molecule has 142 valence electrons. The van der Waals surface area contributed by atoms with Crippen LogP contribution in [0, 0.1) is 5.82 Å². The number of halogens is 5. The Bertz CT molecular complexity index is 945. The van der Waals surface area contributed by atoms with Crippen molar-refractivity contribution >= 4 is 11.6 Å². The van der Waals surface area contributed by atoms with E-state index in [0.717, 1.165) is 23.0 Å². The van der Waals surface area contributed by atoms with Crippen LogP contribution < -0.4 is 4.74 Å². The van der Waals surface area contributed by atoms with Crippen LogP contribution in [0.5, 0.6) is 5.75 Å². The average molecular weight is 402 g/mol. The predicted molar refractivity (Wildman–Crippen MR) is 87.5 cm³/mol. The maximum absolute atomic E-state index is 13.9. The van der Waals surface area contributed by atoms with E-state index in [-0.39, 0.29) is 23.3 Å². The number of ether oxygens (including phenoxy) is 1. The fourth-order valence-electron chi connectivity index (χ4n) is 2.23. The van der Waals surface area contributed by atoms with Crippen molar-refractivity contribution < 1.29 is 22.3 Å². The summed E-state index contributed by atoms with van der Waals surface area (Å²) in [7, 11) is 0. The summed E-state index contributed by atoms with van der Waals surface area (Å²) in [4.78, 5) is 5.35. The van der Waals surface area contributed by atoms with E-state index in [1.165, 1.54) is 0 Å². The van der Waals surface area contributed by atoms with Crippen LogP contribution in [0.4, 0.5) is 17.6 Å². The van der Waals surface area contributed by atoms with E-state index in [9.17, 15) is 17.6 Å². The van der Waals surface area contributed by atoms with E-state index in [1.807, 2.05) is 0 Å². The van der Waals surface area contributed by atoms with E-state index in [1.54, 1.807) is 25.1 Å². The molecule has 11 heteroatoms. The third-order valence-corrected chi connectivity index (χ3v) is 3.65. The molecule has 1 aromatic carbocycles. The highest BCUT2D eigenvalue weighted by atomic mass is 35.5. The fourth-order valence-corrected chi connectivity index (χ4v) is 2.35. The lowest BCUT2D eigenvalue weighted by atomic mass is 10.2. The van der Waals surface area contributed by atoms with Crippen LogP contribution in [0.25, 0.3) is 11.5 Å². The second-order valence-corrected chi connectivity index (χ2v) is 6.16. The van der Waals surface area contributed by atoms with Gasteiger partial charge >= 0.3 is 6.36 Å². The maximum atomic E-state index is 13.9. The summed E-state index contributed by atoms with van der Waals surface area (Å²) in [5.41, 5.74) is 0.950. The Morgan fingerprint density at radius 1 is 1.22 bits per heavy atom. The average Bonchev–Trinajstić information content (AvgIpc) is 3.05. The molecular formula is C16H12ClF4N5O. The molecule has 3 aromatic rings. The predicted octanol–water partition coefficient (Wildman–Crippen LogP) is 4.12. The van der Waals surface area contributed by atoms with Crippen LogP contribution in [0.1, 0.15) is 23.6 Å². The zero-order valence-corrected chi connectivity index (χ0v) is 14.5. The van der Waals surface area contributed by atoms with Crippen LogP contribution >= 0.6 is 11.6 Å². The molecule has 3 rings (SSSR count). The topological polar surface area (TPSA) is 65.7 Å². The molecule has 0 radical (unpaired) electrons. The van der Waals surface area contributed by atoms with E-state index in [4.69, 9.17) is 11.6 Å². The first-order chi connectivity index (χ1) is 12.7. The number of alkyl halides is 4. The summed E-state index contributed by atoms with van der Waals surface area (Å²) in [5, 5.41) is 11.4. The number of rotatable bonds is 5. The molecule has 0 aliphatic carbocycles. The lowest BCUT2D eigenvalue weighted by Crippen LogP contribution is -2.17. The monoisotopic (exact) mass is 401 g/mol. The molecule has 0 spiro atoms. The molecule has 6 nitrogen and oxygen atoms in total. The molecule has 27 heavy (non-hydrogen) atoms. The molecule has 0 aliphatic rings. The van der Waals surface area contributed by atoms with Gasteiger partial charge < -0.3 is 4.74 Å². The number of tetrazole rings is 1. The maximum Gasteiger partial charge on any atom is 0.573 e. The molecule has 1 unspecified atom stereocenters. The third-order valence-electron chi connectivity index (χ3n) is 3.42. The van der Waals surface area contributed by atoms with Crippen molar-refractivity contribution in [2.45, 2.75) is 25.2 Å². The molecule has 2 heterocycles. The molecule has 0 N–H and O–H groups in total. The molecule has 1 atom stereocenters. The minimum absolute atomic E-state index is 0.0863. The molecule has 0 aliphatic heterocycles. The van der Waals surface area contributed by atoms with Crippen molar-refractivity contribution in [2.75, 3.05) is 0 Å². The Morgan fingerprint density at radius 3 is 2.70 bits per heavy atom. The normalized spacial score (nSPS) is 12.8. The van der Waals surface area contributed by atoms with Gasteiger partial charge in [0.15, 0.2) is 0 Å². The van der Waals surface area contributed by atoms with Gasteiger partial charge in [0.1, 0.15) is 17.3 Å². The SMILES string of the molecule is CC(Cl)c1cccc(-c2nnn(Cc3cc(OC(F)(F)F)ccc3F)n2)n1. The molecule has 2 aromatic heterocycles. The van der Waals surface area contributed by atoms with Crippen molar-refractivity contribution in [1.29, 1.82) is 0 Å². The van der Waals surface area contributed by atoms with Crippen molar-refractivity contribution in [1.82, 2.24) is 25.2 Å². The molecule has 0 amide bonds. The lowest BCUT2D eigenvalue weighted by molar-refractivity contribution is -0.274. The highest BCUT2D eigenvalue weighted by Crippen LogP contribution is 2.25. The molecule has 0 saturated heterocycles. The Labute approximate surface area is 155 Å². The minimum atomic E-state index is -4.87. The smallest absolute Gasteiger partial charge is 0.406 e. The number of hydrogen-bond donors (Lipinski definition) is 0. The number of pyridine rings is 1. The summed E-state index contributed by atoms with van der Waals surface area (Å²) >= 11 is 6.00. The summed E-state index contributed by atoms with van der Waals surface area (Å²) in [6.45, 7) is 1.52. The Hall–Kier alpha value is -2.75. The Balaban J connectivity index is 1.82. The van der Waals surface area contributed by atoms with Gasteiger partial charge in [-0.1, -0.05) is 6.07 Å². The zero-order chi connectivity index (χ0) is 19.6. The fraction of sp³-hybridized carbons (Fsp3) is 0.250. The second-order valence-electron chi connectivity index (χ2n) is 5.51. The van der Waals surface area contributed by atoms with Crippen molar-refractivity contribution in [3.05, 3.63) is 53.5 Å². The van der Waals surface area contributed by atoms with Crippen LogP contribution in [-0.2, 0) is 6.54 Å². The standard InChI is InChI=1S/C16H12ClF4N5O/c1-9(17)13-3-2-4-14(22-13)15-23-25-26(24-15)8-10-7-11(5-6-12(10)18)27-16(19,20)21/h2-7,9H,8H2,1H3. The summed E-state index contributed by atoms with van der Waals surface area (Å²) in [6, 6.07) is 7.82. The summed E-state index contributed by atoms with van der Waals surface area (Å²) < 4.78 is 54.6. The van der Waals surface area contributed by atoms with E-state index >= 15 is 0 Å². The lowest BCUT2D eigenvalue weighted by Gasteiger charge is -2.10. The van der Waals surface area contributed by atoms with Gasteiger partial charge in [0, 0.05) is 5.56 Å². The number of benzene rings is 1. The van der Waals surface area contributed by atoms with Crippen molar-refractivity contribution in [3.8, 4) is 17.3 Å². The van der Waals surface area contributed by atoms with Gasteiger partial charge in [-0.3, -0.25) is 0 Å². The summed E-state index contributed by atoms with van der Waals surface area (Å²) in [6.07, 6.45) is -4.87. The summed E-state index contributed by atoms with van der Waals surface area (Å²) in [5.74, 6) is -1.08. The van der Waals surface area contributed by atoms with Crippen LogP contribution in [0.2, 0.25) is 0 Å². The third kappa shape index (κ3) is 4.91. The molecular weight excluding hydrogens is 390 g/mol. The van der Waals surface area contributed by atoms with E-state index in [0.29, 0.717) is 11.4 Å². The first-order valence-corrected chi connectivity index (χ1v) is 8.08. The van der Waals surface area contributed by atoms with Crippen molar-refractivity contribution in [3.63, 3.8) is 0 Å². The largest absolute Gasteiger partial charge is 0.573 e. The zero-order valence-electron chi connectivity index (χ0n) is 13.8. The Morgan fingerprint density at radius 2 is 2.00 bits per heavy atom. The molecule has 0 bridgehead atoms. The number of nitrogens with zero attached hydrogens (tertiary/aromatic N) is 5. The van der Waals surface area contributed by atoms with Gasteiger partial charge in [0.25, 0.3) is 0 Å². The van der Waals surface area contributed by atoms with Crippen LogP contribution in [0.3, 0.4) is 0 Å². The minimum Gasteiger partial charge on any atom is -0.406 e. The highest BCUT2D eigenvalue weighted by Gasteiger charge is 2.31. The molecule has 0 fully saturated rings. The van der Waals surface area contributed by atoms with E-state index in [2.05, 4.69) is 25.1 Å². The highest BCUT2D eigenvalue weighted by molar-refractivity contribution is 6.20. The number of aromatic nitrogens is 5. The second kappa shape index (κ2) is 7.47. The first-order valence-electron chi connectivity index (χ1n) is 7.64. The van der Waals surface area contributed by atoms with Gasteiger partial charge in [0.05, 0.1) is 17.6 Å².